The zero-order valence-electron chi connectivity index (χ0n) is 12.3. The predicted octanol–water partition coefficient (Wildman–Crippen LogP) is 2.18. The van der Waals surface area contributed by atoms with E-state index in [2.05, 4.69) is 34.4 Å². The second-order valence-electron chi connectivity index (χ2n) is 4.57. The Morgan fingerprint density at radius 1 is 1.30 bits per heavy atom. The normalized spacial score (nSPS) is 10.6. The first-order valence-corrected chi connectivity index (χ1v) is 6.90. The summed E-state index contributed by atoms with van der Waals surface area (Å²) in [4.78, 5) is 17.0. The number of hydrogen-bond acceptors (Lipinski definition) is 6. The molecule has 0 aromatic carbocycles. The van der Waals surface area contributed by atoms with Crippen LogP contribution in [-0.2, 0) is 0 Å². The molecule has 1 aromatic heterocycles. The van der Waals surface area contributed by atoms with Gasteiger partial charge in [-0.1, -0.05) is 13.8 Å². The molecule has 20 heavy (non-hydrogen) atoms. The molecule has 1 rings (SSSR count). The number of rotatable bonds is 9. The Labute approximate surface area is 119 Å². The molecule has 0 spiro atoms. The zero-order chi connectivity index (χ0) is 15.0. The summed E-state index contributed by atoms with van der Waals surface area (Å²) in [6.45, 7) is 7.28. The first kappa shape index (κ1) is 16.2. The first-order chi connectivity index (χ1) is 9.58. The lowest BCUT2D eigenvalue weighted by atomic mass is 10.3. The fourth-order valence-corrected chi connectivity index (χ4v) is 1.60. The Morgan fingerprint density at radius 3 is 2.65 bits per heavy atom. The Hall–Kier alpha value is -1.89. The number of nitrogens with one attached hydrogen (secondary N) is 2. The monoisotopic (exact) mass is 281 g/mol. The Balaban J connectivity index is 2.75. The molecular formula is C13H23N5O2. The highest BCUT2D eigenvalue weighted by Gasteiger charge is 2.15. The van der Waals surface area contributed by atoms with Gasteiger partial charge in [-0.15, -0.1) is 0 Å². The Kier molecular flexibility index (Phi) is 6.72. The van der Waals surface area contributed by atoms with Crippen molar-refractivity contribution in [3.8, 4) is 0 Å². The van der Waals surface area contributed by atoms with Gasteiger partial charge in [-0.25, -0.2) is 4.98 Å². The van der Waals surface area contributed by atoms with Crippen LogP contribution in [0.1, 0.15) is 20.3 Å². The number of aromatic nitrogens is 1. The largest absolute Gasteiger partial charge is 0.370 e. The Morgan fingerprint density at radius 2 is 2.05 bits per heavy atom. The molecule has 112 valence electrons. The van der Waals surface area contributed by atoms with Crippen LogP contribution in [-0.4, -0.2) is 48.0 Å². The smallest absolute Gasteiger partial charge is 0.311 e. The van der Waals surface area contributed by atoms with E-state index in [0.717, 1.165) is 26.1 Å². The molecule has 0 unspecified atom stereocenters. The molecule has 0 amide bonds. The van der Waals surface area contributed by atoms with Crippen LogP contribution in [0.2, 0.25) is 0 Å². The van der Waals surface area contributed by atoms with E-state index in [4.69, 9.17) is 0 Å². The lowest BCUT2D eigenvalue weighted by Gasteiger charge is -2.14. The van der Waals surface area contributed by atoms with Gasteiger partial charge in [0.15, 0.2) is 0 Å². The topological polar surface area (TPSA) is 83.3 Å². The van der Waals surface area contributed by atoms with Gasteiger partial charge in [-0.3, -0.25) is 10.1 Å². The number of nitrogens with zero attached hydrogens (tertiary/aromatic N) is 3. The third kappa shape index (κ3) is 5.00. The number of nitro groups is 1. The summed E-state index contributed by atoms with van der Waals surface area (Å²) in [5, 5.41) is 17.2. The van der Waals surface area contributed by atoms with Crippen molar-refractivity contribution in [2.24, 2.45) is 0 Å². The first-order valence-electron chi connectivity index (χ1n) is 6.90. The van der Waals surface area contributed by atoms with Crippen molar-refractivity contribution in [2.75, 3.05) is 43.9 Å². The summed E-state index contributed by atoms with van der Waals surface area (Å²) in [5.41, 5.74) is 0.00574. The van der Waals surface area contributed by atoms with Crippen LogP contribution in [0.25, 0.3) is 0 Å². The van der Waals surface area contributed by atoms with Crippen LogP contribution >= 0.6 is 0 Å². The highest BCUT2D eigenvalue weighted by atomic mass is 16.6. The highest BCUT2D eigenvalue weighted by molar-refractivity contribution is 5.60. The second-order valence-corrected chi connectivity index (χ2v) is 4.57. The van der Waals surface area contributed by atoms with Crippen LogP contribution in [0.4, 0.5) is 17.3 Å². The SMILES string of the molecule is CCCNc1ccc([N+](=O)[O-])c(NCCN(C)CC)n1. The molecule has 7 heteroatoms. The van der Waals surface area contributed by atoms with E-state index in [-0.39, 0.29) is 5.69 Å². The molecule has 0 fully saturated rings. The van der Waals surface area contributed by atoms with Crippen LogP contribution < -0.4 is 10.6 Å². The van der Waals surface area contributed by atoms with Crippen LogP contribution in [0.3, 0.4) is 0 Å². The maximum Gasteiger partial charge on any atom is 0.311 e. The molecule has 0 radical (unpaired) electrons. The van der Waals surface area contributed by atoms with Gasteiger partial charge in [0.2, 0.25) is 5.82 Å². The highest BCUT2D eigenvalue weighted by Crippen LogP contribution is 2.23. The van der Waals surface area contributed by atoms with Gasteiger partial charge in [0.25, 0.3) is 0 Å². The fourth-order valence-electron chi connectivity index (χ4n) is 1.60. The van der Waals surface area contributed by atoms with E-state index in [1.165, 1.54) is 6.07 Å². The summed E-state index contributed by atoms with van der Waals surface area (Å²) < 4.78 is 0. The third-order valence-electron chi connectivity index (χ3n) is 2.95. The van der Waals surface area contributed by atoms with Crippen LogP contribution in [0.15, 0.2) is 12.1 Å². The Bertz CT molecular complexity index is 439. The summed E-state index contributed by atoms with van der Waals surface area (Å²) >= 11 is 0. The minimum Gasteiger partial charge on any atom is -0.370 e. The van der Waals surface area contributed by atoms with Crippen molar-refractivity contribution in [3.05, 3.63) is 22.2 Å². The molecule has 7 nitrogen and oxygen atoms in total. The molecule has 0 aliphatic heterocycles. The van der Waals surface area contributed by atoms with Gasteiger partial charge in [-0.05, 0) is 26.1 Å². The average Bonchev–Trinajstić information content (AvgIpc) is 2.44. The third-order valence-corrected chi connectivity index (χ3v) is 2.95. The van der Waals surface area contributed by atoms with Crippen LogP contribution in [0.5, 0.6) is 0 Å². The van der Waals surface area contributed by atoms with Gasteiger partial charge < -0.3 is 15.5 Å². The molecule has 0 aliphatic carbocycles. The molecule has 2 N–H and O–H groups in total. The molecule has 1 heterocycles. The molecule has 0 atom stereocenters. The van der Waals surface area contributed by atoms with E-state index >= 15 is 0 Å². The van der Waals surface area contributed by atoms with Gasteiger partial charge in [0.05, 0.1) is 4.92 Å². The zero-order valence-corrected chi connectivity index (χ0v) is 12.3. The second kappa shape index (κ2) is 8.31. The van der Waals surface area contributed by atoms with Gasteiger partial charge in [0, 0.05) is 25.7 Å². The van der Waals surface area contributed by atoms with E-state index in [0.29, 0.717) is 18.2 Å². The van der Waals surface area contributed by atoms with E-state index in [1.807, 2.05) is 7.05 Å². The molecular weight excluding hydrogens is 258 g/mol. The van der Waals surface area contributed by atoms with E-state index < -0.39 is 4.92 Å². The van der Waals surface area contributed by atoms with Gasteiger partial charge >= 0.3 is 5.69 Å². The number of likely N-dealkylation sites (N-methyl/N-ethyl adjacent to an activating group) is 1. The molecule has 1 aromatic rings. The number of pyridine rings is 1. The standard InChI is InChI=1S/C13H23N5O2/c1-4-8-14-12-7-6-11(18(19)20)13(16-12)15-9-10-17(3)5-2/h6-7H,4-5,8-10H2,1-3H3,(H2,14,15,16). The summed E-state index contributed by atoms with van der Waals surface area (Å²) in [6, 6.07) is 3.12. The maximum atomic E-state index is 11.0. The van der Waals surface area contributed by atoms with Crippen molar-refractivity contribution in [2.45, 2.75) is 20.3 Å². The van der Waals surface area contributed by atoms with Crippen LogP contribution in [0, 0.1) is 10.1 Å². The predicted molar refractivity (Wildman–Crippen MR) is 81.3 cm³/mol. The fraction of sp³-hybridized carbons (Fsp3) is 0.615. The molecule has 0 saturated heterocycles. The minimum atomic E-state index is -0.414. The summed E-state index contributed by atoms with van der Waals surface area (Å²) in [6.07, 6.45) is 0.975. The average molecular weight is 281 g/mol. The van der Waals surface area contributed by atoms with E-state index in [1.54, 1.807) is 6.07 Å². The van der Waals surface area contributed by atoms with Crippen molar-refractivity contribution >= 4 is 17.3 Å². The van der Waals surface area contributed by atoms with E-state index in [9.17, 15) is 10.1 Å². The number of hydrogen-bond donors (Lipinski definition) is 2. The molecule has 0 saturated carbocycles. The van der Waals surface area contributed by atoms with Gasteiger partial charge in [0.1, 0.15) is 5.82 Å². The lowest BCUT2D eigenvalue weighted by Crippen LogP contribution is -2.25. The van der Waals surface area contributed by atoms with Gasteiger partial charge in [-0.2, -0.15) is 0 Å². The van der Waals surface area contributed by atoms with Crippen molar-refractivity contribution in [1.29, 1.82) is 0 Å². The summed E-state index contributed by atoms with van der Waals surface area (Å²) in [7, 11) is 2.00. The minimum absolute atomic E-state index is 0.00574. The van der Waals surface area contributed by atoms with Crippen molar-refractivity contribution < 1.29 is 4.92 Å². The molecule has 0 bridgehead atoms. The van der Waals surface area contributed by atoms with Crippen molar-refractivity contribution in [3.63, 3.8) is 0 Å². The molecule has 0 aliphatic rings. The van der Waals surface area contributed by atoms with Crippen molar-refractivity contribution in [1.82, 2.24) is 9.88 Å². The quantitative estimate of drug-likeness (QED) is 0.533. The summed E-state index contributed by atoms with van der Waals surface area (Å²) in [5.74, 6) is 0.976. The lowest BCUT2D eigenvalue weighted by molar-refractivity contribution is -0.384. The maximum absolute atomic E-state index is 11.0. The number of anilines is 2.